The van der Waals surface area contributed by atoms with Crippen molar-refractivity contribution in [1.82, 2.24) is 4.90 Å². The van der Waals surface area contributed by atoms with Crippen molar-refractivity contribution < 1.29 is 0 Å². The molecule has 0 saturated heterocycles. The Labute approximate surface area is 65.3 Å². The summed E-state index contributed by atoms with van der Waals surface area (Å²) >= 11 is 4.19. The van der Waals surface area contributed by atoms with Crippen molar-refractivity contribution in [2.75, 3.05) is 6.54 Å². The van der Waals surface area contributed by atoms with Crippen LogP contribution in [0.25, 0.3) is 0 Å². The average molecular weight is 152 g/mol. The highest BCUT2D eigenvalue weighted by molar-refractivity contribution is 7.97. The maximum atomic E-state index is 4.28. The lowest BCUT2D eigenvalue weighted by Gasteiger charge is -2.19. The second-order valence-corrected chi connectivity index (χ2v) is 2.87. The molecular formula is C7H8N2S. The molecule has 0 aliphatic carbocycles. The smallest absolute Gasteiger partial charge is 0.141 e. The summed E-state index contributed by atoms with van der Waals surface area (Å²) in [6, 6.07) is 0. The molecule has 2 nitrogen and oxygen atoms in total. The summed E-state index contributed by atoms with van der Waals surface area (Å²) in [5.41, 5.74) is 0. The van der Waals surface area contributed by atoms with Crippen LogP contribution >= 0.6 is 12.6 Å². The van der Waals surface area contributed by atoms with E-state index in [9.17, 15) is 0 Å². The number of fused-ring (bicyclic) bond motifs is 1. The average Bonchev–Trinajstić information content (AvgIpc) is 2.27. The van der Waals surface area contributed by atoms with E-state index in [1.807, 2.05) is 18.4 Å². The summed E-state index contributed by atoms with van der Waals surface area (Å²) in [7, 11) is 0. The van der Waals surface area contributed by atoms with E-state index in [0.717, 1.165) is 11.6 Å². The van der Waals surface area contributed by atoms with Crippen LogP contribution in [0, 0.1) is 0 Å². The fraction of sp³-hybridized carbons (Fsp3) is 0.286. The molecule has 0 N–H and O–H groups in total. The summed E-state index contributed by atoms with van der Waals surface area (Å²) < 4.78 is 0. The maximum absolute atomic E-state index is 4.28. The summed E-state index contributed by atoms with van der Waals surface area (Å²) in [4.78, 5) is 6.42. The van der Waals surface area contributed by atoms with Crippen molar-refractivity contribution in [1.29, 1.82) is 0 Å². The molecule has 2 aliphatic rings. The quantitative estimate of drug-likeness (QED) is 0.513. The predicted octanol–water partition coefficient (Wildman–Crippen LogP) is 1.04. The summed E-state index contributed by atoms with van der Waals surface area (Å²) in [6.07, 6.45) is 8.34. The fourth-order valence-corrected chi connectivity index (χ4v) is 1.42. The molecule has 1 unspecified atom stereocenters. The monoisotopic (exact) mass is 152 g/mol. The van der Waals surface area contributed by atoms with Gasteiger partial charge in [-0.2, -0.15) is 0 Å². The molecule has 0 saturated carbocycles. The van der Waals surface area contributed by atoms with Crippen LogP contribution in [0.4, 0.5) is 0 Å². The van der Waals surface area contributed by atoms with E-state index in [1.165, 1.54) is 0 Å². The molecule has 3 heteroatoms. The molecule has 1 atom stereocenters. The zero-order valence-corrected chi connectivity index (χ0v) is 6.33. The lowest BCUT2D eigenvalue weighted by atomic mass is 10.3. The van der Waals surface area contributed by atoms with Gasteiger partial charge in [-0.25, -0.2) is 0 Å². The molecule has 2 aliphatic heterocycles. The van der Waals surface area contributed by atoms with Gasteiger partial charge >= 0.3 is 0 Å². The number of thiol groups is 1. The Morgan fingerprint density at radius 3 is 3.30 bits per heavy atom. The van der Waals surface area contributed by atoms with E-state index in [4.69, 9.17) is 0 Å². The van der Waals surface area contributed by atoms with Gasteiger partial charge in [-0.05, 0) is 12.2 Å². The minimum Gasteiger partial charge on any atom is -0.346 e. The Balaban J connectivity index is 2.24. The van der Waals surface area contributed by atoms with E-state index >= 15 is 0 Å². The van der Waals surface area contributed by atoms with E-state index in [-0.39, 0.29) is 6.17 Å². The highest BCUT2D eigenvalue weighted by Gasteiger charge is 2.20. The van der Waals surface area contributed by atoms with Crippen molar-refractivity contribution in [2.24, 2.45) is 4.99 Å². The molecule has 0 fully saturated rings. The van der Waals surface area contributed by atoms with E-state index < -0.39 is 0 Å². The highest BCUT2D eigenvalue weighted by Crippen LogP contribution is 2.16. The molecule has 2 rings (SSSR count). The van der Waals surface area contributed by atoms with Crippen molar-refractivity contribution in [3.05, 3.63) is 24.4 Å². The molecule has 0 amide bonds. The normalized spacial score (nSPS) is 28.7. The second-order valence-electron chi connectivity index (χ2n) is 2.36. The van der Waals surface area contributed by atoms with Crippen LogP contribution in [0.2, 0.25) is 0 Å². The van der Waals surface area contributed by atoms with Gasteiger partial charge in [0.15, 0.2) is 0 Å². The molecule has 10 heavy (non-hydrogen) atoms. The lowest BCUT2D eigenvalue weighted by molar-refractivity contribution is 0.394. The SMILES string of the molecule is SC1=NC2C=CC=CN2C1. The molecule has 2 heterocycles. The minimum atomic E-state index is 0.220. The summed E-state index contributed by atoms with van der Waals surface area (Å²) in [5, 5.41) is 0.918. The number of hydrogen-bond donors (Lipinski definition) is 1. The van der Waals surface area contributed by atoms with Crippen LogP contribution in [0.15, 0.2) is 29.4 Å². The van der Waals surface area contributed by atoms with Gasteiger partial charge in [-0.1, -0.05) is 6.08 Å². The minimum absolute atomic E-state index is 0.220. The Kier molecular flexibility index (Phi) is 1.31. The molecule has 0 bridgehead atoms. The Morgan fingerprint density at radius 1 is 1.60 bits per heavy atom. The van der Waals surface area contributed by atoms with Gasteiger partial charge in [0, 0.05) is 6.20 Å². The number of hydrogen-bond acceptors (Lipinski definition) is 2. The van der Waals surface area contributed by atoms with Crippen LogP contribution < -0.4 is 0 Å². The number of aliphatic imine (C=N–C) groups is 1. The van der Waals surface area contributed by atoms with Gasteiger partial charge < -0.3 is 4.90 Å². The second kappa shape index (κ2) is 2.16. The van der Waals surface area contributed by atoms with Crippen molar-refractivity contribution in [3.63, 3.8) is 0 Å². The third kappa shape index (κ3) is 0.865. The predicted molar refractivity (Wildman–Crippen MR) is 45.2 cm³/mol. The largest absolute Gasteiger partial charge is 0.346 e. The van der Waals surface area contributed by atoms with Gasteiger partial charge in [0.1, 0.15) is 6.17 Å². The molecule has 0 aromatic carbocycles. The lowest BCUT2D eigenvalue weighted by Crippen LogP contribution is -2.24. The van der Waals surface area contributed by atoms with Crippen LogP contribution in [0.3, 0.4) is 0 Å². The number of allylic oxidation sites excluding steroid dienone is 2. The van der Waals surface area contributed by atoms with Crippen LogP contribution in [0.5, 0.6) is 0 Å². The summed E-state index contributed by atoms with van der Waals surface area (Å²) in [5.74, 6) is 0. The van der Waals surface area contributed by atoms with Crippen molar-refractivity contribution >= 4 is 17.7 Å². The summed E-state index contributed by atoms with van der Waals surface area (Å²) in [6.45, 7) is 0.856. The van der Waals surface area contributed by atoms with Gasteiger partial charge in [-0.3, -0.25) is 4.99 Å². The first kappa shape index (κ1) is 6.04. The van der Waals surface area contributed by atoms with Crippen molar-refractivity contribution in [3.8, 4) is 0 Å². The Morgan fingerprint density at radius 2 is 2.50 bits per heavy atom. The van der Waals surface area contributed by atoms with Crippen molar-refractivity contribution in [2.45, 2.75) is 6.17 Å². The molecule has 52 valence electrons. The van der Waals surface area contributed by atoms with E-state index in [1.54, 1.807) is 0 Å². The molecule has 0 spiro atoms. The highest BCUT2D eigenvalue weighted by atomic mass is 32.1. The Hall–Kier alpha value is -0.700. The number of rotatable bonds is 0. The zero-order chi connectivity index (χ0) is 6.97. The molecule has 0 radical (unpaired) electrons. The topological polar surface area (TPSA) is 15.6 Å². The first-order valence-electron chi connectivity index (χ1n) is 3.22. The molecular weight excluding hydrogens is 144 g/mol. The third-order valence-electron chi connectivity index (χ3n) is 1.62. The van der Waals surface area contributed by atoms with Gasteiger partial charge in [0.25, 0.3) is 0 Å². The standard InChI is InChI=1S/C7H8N2S/c10-7-5-9-4-2-1-3-6(9)8-7/h1-4,6H,5H2,(H,8,10). The van der Waals surface area contributed by atoms with Gasteiger partial charge in [0.05, 0.1) is 11.6 Å². The first-order valence-corrected chi connectivity index (χ1v) is 3.67. The fourth-order valence-electron chi connectivity index (χ4n) is 1.14. The van der Waals surface area contributed by atoms with E-state index in [2.05, 4.69) is 28.6 Å². The zero-order valence-electron chi connectivity index (χ0n) is 5.44. The van der Waals surface area contributed by atoms with Gasteiger partial charge in [0.2, 0.25) is 0 Å². The van der Waals surface area contributed by atoms with E-state index in [0.29, 0.717) is 0 Å². The Bertz CT molecular complexity index is 230. The molecule has 0 aromatic rings. The molecule has 0 aromatic heterocycles. The number of nitrogens with zero attached hydrogens (tertiary/aromatic N) is 2. The van der Waals surface area contributed by atoms with Crippen LogP contribution in [0.1, 0.15) is 0 Å². The van der Waals surface area contributed by atoms with Gasteiger partial charge in [-0.15, -0.1) is 12.6 Å². The van der Waals surface area contributed by atoms with Crippen LogP contribution in [-0.4, -0.2) is 22.7 Å². The first-order chi connectivity index (χ1) is 4.86. The third-order valence-corrected chi connectivity index (χ3v) is 1.87. The van der Waals surface area contributed by atoms with Crippen LogP contribution in [-0.2, 0) is 0 Å². The maximum Gasteiger partial charge on any atom is 0.141 e.